The topological polar surface area (TPSA) is 62.5 Å². The van der Waals surface area contributed by atoms with Gasteiger partial charge in [-0.15, -0.1) is 0 Å². The molecule has 0 aliphatic rings. The minimum atomic E-state index is -4.23. The van der Waals surface area contributed by atoms with Crippen LogP contribution in [0.5, 0.6) is 0 Å². The third kappa shape index (κ3) is 2.30. The Balaban J connectivity index is 2.29. The van der Waals surface area contributed by atoms with E-state index in [1.54, 1.807) is 4.57 Å². The van der Waals surface area contributed by atoms with E-state index in [0.29, 0.717) is 0 Å². The maximum atomic E-state index is 11.2. The second-order valence-corrected chi connectivity index (χ2v) is 6.13. The van der Waals surface area contributed by atoms with Gasteiger partial charge in [-0.1, -0.05) is 36.4 Å². The van der Waals surface area contributed by atoms with Crippen molar-refractivity contribution in [1.82, 2.24) is 4.57 Å². The number of hydrogen-bond donors (Lipinski definition) is 2. The lowest BCUT2D eigenvalue weighted by molar-refractivity contribution is 0.370. The van der Waals surface area contributed by atoms with Crippen LogP contribution in [0.1, 0.15) is 1.37 Å². The van der Waals surface area contributed by atoms with Crippen LogP contribution in [0.4, 0.5) is 0 Å². The Hall–Kier alpha value is -1.61. The van der Waals surface area contributed by atoms with Crippen molar-refractivity contribution < 1.29 is 15.7 Å². The number of hydrogen-bond acceptors (Lipinski definition) is 1. The highest BCUT2D eigenvalue weighted by Gasteiger charge is 2.15. The van der Waals surface area contributed by atoms with Crippen LogP contribution in [0.25, 0.3) is 21.8 Å². The van der Waals surface area contributed by atoms with Crippen LogP contribution in [0.15, 0.2) is 48.5 Å². The summed E-state index contributed by atoms with van der Waals surface area (Å²) < 4.78 is 21.0. The van der Waals surface area contributed by atoms with Gasteiger partial charge in [-0.2, -0.15) is 0 Å². The highest BCUT2D eigenvalue weighted by atomic mass is 31.2. The summed E-state index contributed by atoms with van der Waals surface area (Å²) in [4.78, 5) is 18.2. The first kappa shape index (κ1) is 11.2. The number of aromatic nitrogens is 1. The summed E-state index contributed by atoms with van der Waals surface area (Å²) in [5.74, 6) is 0. The summed E-state index contributed by atoms with van der Waals surface area (Å²) in [5.41, 5.74) is 1.64. The standard InChI is InChI=1S/C14H14NO3P/c16-19(17,18)10-9-15-13-7-3-1-5-11(13)12-6-2-4-8-14(12)15/h1-8H,9-10H2,(H2,16,17,18)/i9D. The lowest BCUT2D eigenvalue weighted by Gasteiger charge is -2.08. The molecule has 2 aromatic carbocycles. The molecule has 0 fully saturated rings. The molecule has 0 aliphatic heterocycles. The largest absolute Gasteiger partial charge is 0.340 e. The van der Waals surface area contributed by atoms with E-state index in [1.165, 1.54) is 0 Å². The predicted octanol–water partition coefficient (Wildman–Crippen LogP) is 2.97. The average molecular weight is 276 g/mol. The first-order valence-electron chi connectivity index (χ1n) is 6.49. The molecule has 1 aromatic heterocycles. The molecule has 4 nitrogen and oxygen atoms in total. The maximum absolute atomic E-state index is 11.2. The number of benzene rings is 2. The zero-order valence-electron chi connectivity index (χ0n) is 11.1. The monoisotopic (exact) mass is 276 g/mol. The lowest BCUT2D eigenvalue weighted by atomic mass is 10.2. The molecular weight excluding hydrogens is 261 g/mol. The van der Waals surface area contributed by atoms with E-state index in [-0.39, 0.29) is 0 Å². The van der Waals surface area contributed by atoms with Crippen molar-refractivity contribution in [1.29, 1.82) is 0 Å². The zero-order chi connectivity index (χ0) is 14.3. The SMILES string of the molecule is [2H]C(CP(=O)(O)O)n1c2ccccc2c2ccccc21. The van der Waals surface area contributed by atoms with Gasteiger partial charge in [-0.25, -0.2) is 0 Å². The maximum Gasteiger partial charge on any atom is 0.327 e. The van der Waals surface area contributed by atoms with Crippen molar-refractivity contribution >= 4 is 29.4 Å². The summed E-state index contributed by atoms with van der Waals surface area (Å²) in [5, 5.41) is 1.98. The van der Waals surface area contributed by atoms with Gasteiger partial charge in [0.1, 0.15) is 0 Å². The Bertz CT molecular complexity index is 770. The molecular formula is C14H14NO3P. The van der Waals surface area contributed by atoms with E-state index in [2.05, 4.69) is 0 Å². The molecule has 0 saturated carbocycles. The van der Waals surface area contributed by atoms with E-state index in [1.807, 2.05) is 48.5 Å². The van der Waals surface area contributed by atoms with E-state index >= 15 is 0 Å². The molecule has 1 heterocycles. The number of para-hydroxylation sites is 2. The van der Waals surface area contributed by atoms with Gasteiger partial charge < -0.3 is 14.4 Å². The molecule has 0 aliphatic carbocycles. The van der Waals surface area contributed by atoms with Crippen molar-refractivity contribution in [3.63, 3.8) is 0 Å². The van der Waals surface area contributed by atoms with Crippen LogP contribution in [0.2, 0.25) is 0 Å². The summed E-state index contributed by atoms with van der Waals surface area (Å²) in [6, 6.07) is 15.2. The highest BCUT2D eigenvalue weighted by molar-refractivity contribution is 7.51. The molecule has 98 valence electrons. The molecule has 0 spiro atoms. The van der Waals surface area contributed by atoms with Crippen LogP contribution in [0.3, 0.4) is 0 Å². The zero-order valence-corrected chi connectivity index (χ0v) is 11.0. The van der Waals surface area contributed by atoms with Crippen LogP contribution < -0.4 is 0 Å². The first-order valence-corrected chi connectivity index (χ1v) is 7.71. The second kappa shape index (κ2) is 4.49. The lowest BCUT2D eigenvalue weighted by Crippen LogP contribution is -2.02. The van der Waals surface area contributed by atoms with Gasteiger partial charge >= 0.3 is 7.60 Å². The molecule has 3 rings (SSSR count). The van der Waals surface area contributed by atoms with E-state index < -0.39 is 20.3 Å². The van der Waals surface area contributed by atoms with E-state index in [9.17, 15) is 4.57 Å². The van der Waals surface area contributed by atoms with Crippen molar-refractivity contribution in [2.75, 3.05) is 6.16 Å². The Labute approximate surface area is 111 Å². The Kier molecular flexibility index (Phi) is 2.66. The minimum Gasteiger partial charge on any atom is -0.340 e. The third-order valence-electron chi connectivity index (χ3n) is 3.12. The van der Waals surface area contributed by atoms with E-state index in [4.69, 9.17) is 11.2 Å². The van der Waals surface area contributed by atoms with Crippen LogP contribution in [0, 0.1) is 0 Å². The molecule has 19 heavy (non-hydrogen) atoms. The second-order valence-electron chi connectivity index (χ2n) is 4.43. The van der Waals surface area contributed by atoms with Gasteiger partial charge in [0.25, 0.3) is 0 Å². The molecule has 0 bridgehead atoms. The molecule has 5 heteroatoms. The highest BCUT2D eigenvalue weighted by Crippen LogP contribution is 2.36. The van der Waals surface area contributed by atoms with Crippen LogP contribution in [-0.4, -0.2) is 20.5 Å². The fourth-order valence-corrected chi connectivity index (χ4v) is 2.71. The molecule has 1 unspecified atom stereocenters. The Morgan fingerprint density at radius 3 is 1.95 bits per heavy atom. The third-order valence-corrected chi connectivity index (χ3v) is 3.76. The number of fused-ring (bicyclic) bond motifs is 3. The van der Waals surface area contributed by atoms with Crippen molar-refractivity contribution in [3.8, 4) is 0 Å². The first-order chi connectivity index (χ1) is 9.47. The van der Waals surface area contributed by atoms with E-state index in [0.717, 1.165) is 21.8 Å². The number of nitrogens with zero attached hydrogens (tertiary/aromatic N) is 1. The molecule has 0 saturated heterocycles. The summed E-state index contributed by atoms with van der Waals surface area (Å²) >= 11 is 0. The number of rotatable bonds is 3. The van der Waals surface area contributed by atoms with Crippen molar-refractivity contribution in [2.24, 2.45) is 0 Å². The smallest absolute Gasteiger partial charge is 0.327 e. The fraction of sp³-hybridized carbons (Fsp3) is 0.143. The summed E-state index contributed by atoms with van der Waals surface area (Å²) in [6.45, 7) is -1.01. The Morgan fingerprint density at radius 2 is 1.47 bits per heavy atom. The van der Waals surface area contributed by atoms with Crippen LogP contribution >= 0.6 is 7.60 Å². The predicted molar refractivity (Wildman–Crippen MR) is 76.4 cm³/mol. The average Bonchev–Trinajstić information content (AvgIpc) is 2.71. The molecule has 1 atom stereocenters. The van der Waals surface area contributed by atoms with Crippen molar-refractivity contribution in [2.45, 2.75) is 6.52 Å². The molecule has 2 N–H and O–H groups in total. The fourth-order valence-electron chi connectivity index (χ4n) is 2.34. The quantitative estimate of drug-likeness (QED) is 0.723. The molecule has 0 amide bonds. The van der Waals surface area contributed by atoms with Gasteiger partial charge in [0.15, 0.2) is 0 Å². The number of aryl methyl sites for hydroxylation is 1. The normalized spacial score (nSPS) is 14.7. The van der Waals surface area contributed by atoms with Gasteiger partial charge in [0.05, 0.1) is 7.53 Å². The van der Waals surface area contributed by atoms with Gasteiger partial charge in [0.2, 0.25) is 0 Å². The summed E-state index contributed by atoms with van der Waals surface area (Å²) in [6.07, 6.45) is -0.490. The molecule has 3 aromatic rings. The van der Waals surface area contributed by atoms with Crippen molar-refractivity contribution in [3.05, 3.63) is 48.5 Å². The van der Waals surface area contributed by atoms with Gasteiger partial charge in [-0.05, 0) is 12.1 Å². The summed E-state index contributed by atoms with van der Waals surface area (Å²) in [7, 11) is -4.23. The molecule has 0 radical (unpaired) electrons. The van der Waals surface area contributed by atoms with Gasteiger partial charge in [-0.3, -0.25) is 4.57 Å². The van der Waals surface area contributed by atoms with Crippen LogP contribution in [-0.2, 0) is 11.1 Å². The minimum absolute atomic E-state index is 0.490. The van der Waals surface area contributed by atoms with Gasteiger partial charge in [0, 0.05) is 28.3 Å². The Morgan fingerprint density at radius 1 is 1.00 bits per heavy atom.